The highest BCUT2D eigenvalue weighted by Crippen LogP contribution is 2.35. The molecule has 1 unspecified atom stereocenters. The van der Waals surface area contributed by atoms with Gasteiger partial charge in [-0.1, -0.05) is 13.8 Å². The van der Waals surface area contributed by atoms with E-state index in [1.54, 1.807) is 34.6 Å². The number of rotatable bonds is 3. The summed E-state index contributed by atoms with van der Waals surface area (Å²) >= 11 is 0. The van der Waals surface area contributed by atoms with Crippen molar-refractivity contribution in [2.45, 2.75) is 58.3 Å². The summed E-state index contributed by atoms with van der Waals surface area (Å²) in [5.74, 6) is -1.66. The molecule has 0 bridgehead atoms. The molecule has 2 aliphatic heterocycles. The van der Waals surface area contributed by atoms with Crippen LogP contribution in [0.1, 0.15) is 41.0 Å². The molecular formula is C16H26N2O6. The Kier molecular flexibility index (Phi) is 4.81. The number of carbonyl (C=O) groups excluding carboxylic acids is 2. The molecule has 2 amide bonds. The maximum absolute atomic E-state index is 12.8. The molecule has 2 aliphatic rings. The molecule has 2 fully saturated rings. The van der Waals surface area contributed by atoms with Gasteiger partial charge in [-0.25, -0.2) is 9.59 Å². The van der Waals surface area contributed by atoms with Crippen molar-refractivity contribution in [2.24, 2.45) is 5.92 Å². The van der Waals surface area contributed by atoms with Crippen molar-refractivity contribution < 1.29 is 29.0 Å². The standard InChI is InChI=1S/C16H26N2O6/c1-10(2)11(12(19)20)18-9-23-16(13(18)21)6-7-17(8-16)14(22)24-15(3,4)5/h10-11H,6-9H2,1-5H3,(H,19,20)/t11?,16-/m1/s1. The van der Waals surface area contributed by atoms with Crippen LogP contribution in [0.2, 0.25) is 0 Å². The summed E-state index contributed by atoms with van der Waals surface area (Å²) < 4.78 is 11.0. The smallest absolute Gasteiger partial charge is 0.410 e. The molecule has 2 saturated heterocycles. The largest absolute Gasteiger partial charge is 0.480 e. The Morgan fingerprint density at radius 2 is 1.96 bits per heavy atom. The van der Waals surface area contributed by atoms with E-state index in [4.69, 9.17) is 9.47 Å². The number of ether oxygens (including phenoxy) is 2. The van der Waals surface area contributed by atoms with Crippen LogP contribution in [0.15, 0.2) is 0 Å². The van der Waals surface area contributed by atoms with Gasteiger partial charge in [0.15, 0.2) is 5.60 Å². The van der Waals surface area contributed by atoms with E-state index < -0.39 is 29.3 Å². The van der Waals surface area contributed by atoms with E-state index in [9.17, 15) is 19.5 Å². The van der Waals surface area contributed by atoms with Crippen LogP contribution >= 0.6 is 0 Å². The zero-order chi connectivity index (χ0) is 18.3. The SMILES string of the molecule is CC(C)C(C(=O)O)N1CO[C@@]2(CCN(C(=O)OC(C)(C)C)C2)C1=O. The number of carbonyl (C=O) groups is 3. The lowest BCUT2D eigenvalue weighted by Crippen LogP contribution is -2.51. The quantitative estimate of drug-likeness (QED) is 0.830. The molecule has 0 aromatic heterocycles. The Balaban J connectivity index is 2.10. The van der Waals surface area contributed by atoms with Gasteiger partial charge < -0.3 is 24.4 Å². The van der Waals surface area contributed by atoms with Gasteiger partial charge in [0.05, 0.1) is 6.54 Å². The lowest BCUT2D eigenvalue weighted by molar-refractivity contribution is -0.151. The predicted octanol–water partition coefficient (Wildman–Crippen LogP) is 1.29. The average Bonchev–Trinajstić information content (AvgIpc) is 2.97. The fourth-order valence-corrected chi connectivity index (χ4v) is 3.12. The normalized spacial score (nSPS) is 25.7. The highest BCUT2D eigenvalue weighted by Gasteiger charge is 2.56. The molecule has 0 saturated carbocycles. The highest BCUT2D eigenvalue weighted by atomic mass is 16.6. The van der Waals surface area contributed by atoms with Crippen molar-refractivity contribution in [3.63, 3.8) is 0 Å². The molecule has 1 spiro atoms. The summed E-state index contributed by atoms with van der Waals surface area (Å²) in [6.45, 7) is 9.17. The number of carboxylic acid groups (broad SMARTS) is 1. The fraction of sp³-hybridized carbons (Fsp3) is 0.812. The molecule has 0 aromatic carbocycles. The topological polar surface area (TPSA) is 96.4 Å². The zero-order valence-corrected chi connectivity index (χ0v) is 14.9. The van der Waals surface area contributed by atoms with Crippen molar-refractivity contribution in [3.05, 3.63) is 0 Å². The van der Waals surface area contributed by atoms with Gasteiger partial charge in [-0.05, 0) is 26.7 Å². The summed E-state index contributed by atoms with van der Waals surface area (Å²) in [5, 5.41) is 9.39. The van der Waals surface area contributed by atoms with Crippen molar-refractivity contribution in [1.29, 1.82) is 0 Å². The summed E-state index contributed by atoms with van der Waals surface area (Å²) in [7, 11) is 0. The Bertz CT molecular complexity index is 541. The second-order valence-electron chi connectivity index (χ2n) is 7.72. The molecule has 0 radical (unpaired) electrons. The average molecular weight is 342 g/mol. The van der Waals surface area contributed by atoms with Crippen LogP contribution in [0.5, 0.6) is 0 Å². The third-order valence-electron chi connectivity index (χ3n) is 4.23. The second-order valence-corrected chi connectivity index (χ2v) is 7.72. The first-order chi connectivity index (χ1) is 11.0. The van der Waals surface area contributed by atoms with Gasteiger partial charge in [-0.2, -0.15) is 0 Å². The molecule has 0 aliphatic carbocycles. The third-order valence-corrected chi connectivity index (χ3v) is 4.23. The van der Waals surface area contributed by atoms with E-state index in [0.29, 0.717) is 13.0 Å². The molecule has 136 valence electrons. The first kappa shape index (κ1) is 18.5. The number of aliphatic carboxylic acids is 1. The minimum atomic E-state index is -1.15. The van der Waals surface area contributed by atoms with Crippen LogP contribution in [0.4, 0.5) is 4.79 Å². The maximum Gasteiger partial charge on any atom is 0.410 e. The van der Waals surface area contributed by atoms with Gasteiger partial charge >= 0.3 is 12.1 Å². The van der Waals surface area contributed by atoms with Gasteiger partial charge in [-0.3, -0.25) is 4.79 Å². The summed E-state index contributed by atoms with van der Waals surface area (Å²) in [6, 6.07) is -0.938. The number of likely N-dealkylation sites (tertiary alicyclic amines) is 1. The lowest BCUT2D eigenvalue weighted by atomic mass is 9.98. The summed E-state index contributed by atoms with van der Waals surface area (Å²) in [5.41, 5.74) is -1.77. The van der Waals surface area contributed by atoms with Crippen LogP contribution in [0, 0.1) is 5.92 Å². The predicted molar refractivity (Wildman–Crippen MR) is 84.2 cm³/mol. The minimum absolute atomic E-state index is 0.0733. The van der Waals surface area contributed by atoms with E-state index >= 15 is 0 Å². The monoisotopic (exact) mass is 342 g/mol. The number of hydrogen-bond acceptors (Lipinski definition) is 5. The summed E-state index contributed by atoms with van der Waals surface area (Å²) in [6.07, 6.45) is -0.153. The van der Waals surface area contributed by atoms with E-state index in [1.165, 1.54) is 9.80 Å². The van der Waals surface area contributed by atoms with Gasteiger partial charge in [0.1, 0.15) is 18.4 Å². The van der Waals surface area contributed by atoms with Crippen molar-refractivity contribution in [1.82, 2.24) is 9.80 Å². The molecule has 2 heterocycles. The fourth-order valence-electron chi connectivity index (χ4n) is 3.12. The van der Waals surface area contributed by atoms with Crippen LogP contribution < -0.4 is 0 Å². The summed E-state index contributed by atoms with van der Waals surface area (Å²) in [4.78, 5) is 39.1. The van der Waals surface area contributed by atoms with Crippen molar-refractivity contribution in [2.75, 3.05) is 19.8 Å². The molecule has 1 N–H and O–H groups in total. The minimum Gasteiger partial charge on any atom is -0.480 e. The van der Waals surface area contributed by atoms with Gasteiger partial charge in [0.2, 0.25) is 0 Å². The van der Waals surface area contributed by atoms with Gasteiger partial charge in [0, 0.05) is 13.0 Å². The Labute approximate surface area is 141 Å². The van der Waals surface area contributed by atoms with Crippen molar-refractivity contribution >= 4 is 18.0 Å². The number of carboxylic acids is 1. The first-order valence-corrected chi connectivity index (χ1v) is 8.12. The van der Waals surface area contributed by atoms with Crippen LogP contribution in [-0.2, 0) is 19.1 Å². The van der Waals surface area contributed by atoms with Crippen LogP contribution in [0.3, 0.4) is 0 Å². The molecular weight excluding hydrogens is 316 g/mol. The third kappa shape index (κ3) is 3.48. The van der Waals surface area contributed by atoms with Crippen molar-refractivity contribution in [3.8, 4) is 0 Å². The molecule has 8 nitrogen and oxygen atoms in total. The Hall–Kier alpha value is -1.83. The van der Waals surface area contributed by atoms with E-state index in [2.05, 4.69) is 0 Å². The second kappa shape index (κ2) is 6.23. The molecule has 24 heavy (non-hydrogen) atoms. The van der Waals surface area contributed by atoms with E-state index in [1.807, 2.05) is 0 Å². The maximum atomic E-state index is 12.8. The lowest BCUT2D eigenvalue weighted by Gasteiger charge is -2.28. The van der Waals surface area contributed by atoms with E-state index in [0.717, 1.165) is 0 Å². The molecule has 8 heteroatoms. The Morgan fingerprint density at radius 3 is 2.46 bits per heavy atom. The Morgan fingerprint density at radius 1 is 1.33 bits per heavy atom. The molecule has 2 rings (SSSR count). The van der Waals surface area contributed by atoms with Crippen LogP contribution in [-0.4, -0.2) is 69.9 Å². The number of hydrogen-bond donors (Lipinski definition) is 1. The first-order valence-electron chi connectivity index (χ1n) is 8.12. The van der Waals surface area contributed by atoms with Crippen LogP contribution in [0.25, 0.3) is 0 Å². The molecule has 0 aromatic rings. The van der Waals surface area contributed by atoms with Gasteiger partial charge in [-0.15, -0.1) is 0 Å². The zero-order valence-electron chi connectivity index (χ0n) is 14.9. The number of amides is 2. The number of nitrogens with zero attached hydrogens (tertiary/aromatic N) is 2. The molecule has 2 atom stereocenters. The van der Waals surface area contributed by atoms with E-state index in [-0.39, 0.29) is 25.1 Å². The van der Waals surface area contributed by atoms with Gasteiger partial charge in [0.25, 0.3) is 5.91 Å². The highest BCUT2D eigenvalue weighted by molar-refractivity contribution is 5.92.